The van der Waals surface area contributed by atoms with Crippen molar-refractivity contribution in [1.82, 2.24) is 14.7 Å². The summed E-state index contributed by atoms with van der Waals surface area (Å²) in [6.07, 6.45) is 4.68. The van der Waals surface area contributed by atoms with Crippen LogP contribution < -0.4 is 0 Å². The van der Waals surface area contributed by atoms with Crippen LogP contribution in [0.5, 0.6) is 0 Å². The molecule has 19 heavy (non-hydrogen) atoms. The van der Waals surface area contributed by atoms with E-state index < -0.39 is 5.97 Å². The zero-order valence-corrected chi connectivity index (χ0v) is 11.4. The van der Waals surface area contributed by atoms with E-state index in [0.717, 1.165) is 31.6 Å². The van der Waals surface area contributed by atoms with Crippen LogP contribution in [0.4, 0.5) is 0 Å². The van der Waals surface area contributed by atoms with Crippen LogP contribution in [0, 0.1) is 6.92 Å². The average Bonchev–Trinajstić information content (AvgIpc) is 2.77. The summed E-state index contributed by atoms with van der Waals surface area (Å²) in [5, 5.41) is 3.97. The Morgan fingerprint density at radius 2 is 2.00 bits per heavy atom. The number of amides is 1. The second kappa shape index (κ2) is 5.86. The molecule has 0 spiro atoms. The monoisotopic (exact) mass is 265 g/mol. The van der Waals surface area contributed by atoms with E-state index in [1.165, 1.54) is 12.6 Å². The van der Waals surface area contributed by atoms with Gasteiger partial charge in [-0.3, -0.25) is 9.48 Å². The van der Waals surface area contributed by atoms with E-state index in [0.29, 0.717) is 5.56 Å². The van der Waals surface area contributed by atoms with E-state index in [4.69, 9.17) is 4.74 Å². The number of esters is 1. The van der Waals surface area contributed by atoms with Crippen molar-refractivity contribution in [2.24, 2.45) is 7.05 Å². The zero-order valence-electron chi connectivity index (χ0n) is 11.4. The molecule has 104 valence electrons. The molecule has 0 saturated carbocycles. The molecule has 1 aliphatic heterocycles. The van der Waals surface area contributed by atoms with E-state index in [9.17, 15) is 9.59 Å². The lowest BCUT2D eigenvalue weighted by Crippen LogP contribution is -2.38. The molecule has 1 aromatic rings. The van der Waals surface area contributed by atoms with E-state index >= 15 is 0 Å². The molecule has 1 fully saturated rings. The summed E-state index contributed by atoms with van der Waals surface area (Å²) in [5.74, 6) is -0.606. The van der Waals surface area contributed by atoms with Crippen LogP contribution in [0.1, 0.15) is 35.3 Å². The quantitative estimate of drug-likeness (QED) is 0.762. The fourth-order valence-electron chi connectivity index (χ4n) is 2.14. The molecule has 0 unspecified atom stereocenters. The van der Waals surface area contributed by atoms with Crippen molar-refractivity contribution in [2.75, 3.05) is 19.7 Å². The Labute approximate surface area is 112 Å². The van der Waals surface area contributed by atoms with Crippen molar-refractivity contribution in [2.45, 2.75) is 26.2 Å². The largest absolute Gasteiger partial charge is 0.452 e. The van der Waals surface area contributed by atoms with E-state index in [1.807, 2.05) is 0 Å². The molecule has 0 radical (unpaired) electrons. The van der Waals surface area contributed by atoms with Gasteiger partial charge in [0.15, 0.2) is 6.61 Å². The minimum Gasteiger partial charge on any atom is -0.452 e. The van der Waals surface area contributed by atoms with Gasteiger partial charge in [0.1, 0.15) is 5.56 Å². The molecule has 0 bridgehead atoms. The first-order valence-corrected chi connectivity index (χ1v) is 6.53. The lowest BCUT2D eigenvalue weighted by Gasteiger charge is -2.26. The van der Waals surface area contributed by atoms with E-state index in [-0.39, 0.29) is 12.5 Å². The molecular weight excluding hydrogens is 246 g/mol. The summed E-state index contributed by atoms with van der Waals surface area (Å²) >= 11 is 0. The van der Waals surface area contributed by atoms with Crippen LogP contribution in [0.15, 0.2) is 6.20 Å². The van der Waals surface area contributed by atoms with Crippen LogP contribution in [0.25, 0.3) is 0 Å². The first kappa shape index (κ1) is 13.6. The summed E-state index contributed by atoms with van der Waals surface area (Å²) in [6, 6.07) is 0. The molecule has 2 heterocycles. The van der Waals surface area contributed by atoms with Crippen LogP contribution in [0.3, 0.4) is 0 Å². The number of hydrogen-bond donors (Lipinski definition) is 0. The third-order valence-electron chi connectivity index (χ3n) is 3.49. The van der Waals surface area contributed by atoms with Gasteiger partial charge in [-0.1, -0.05) is 0 Å². The van der Waals surface area contributed by atoms with Gasteiger partial charge in [0.2, 0.25) is 0 Å². The topological polar surface area (TPSA) is 64.4 Å². The Morgan fingerprint density at radius 3 is 2.58 bits per heavy atom. The minimum atomic E-state index is -0.490. The molecule has 1 saturated heterocycles. The smallest absolute Gasteiger partial charge is 0.342 e. The van der Waals surface area contributed by atoms with E-state index in [1.54, 1.807) is 23.6 Å². The lowest BCUT2D eigenvalue weighted by molar-refractivity contribution is -0.135. The Bertz CT molecular complexity index is 475. The first-order chi connectivity index (χ1) is 9.09. The number of likely N-dealkylation sites (tertiary alicyclic amines) is 1. The first-order valence-electron chi connectivity index (χ1n) is 6.53. The summed E-state index contributed by atoms with van der Waals surface area (Å²) < 4.78 is 6.65. The van der Waals surface area contributed by atoms with E-state index in [2.05, 4.69) is 5.10 Å². The van der Waals surface area contributed by atoms with Gasteiger partial charge >= 0.3 is 5.97 Å². The Morgan fingerprint density at radius 1 is 1.32 bits per heavy atom. The number of rotatable bonds is 3. The highest BCUT2D eigenvalue weighted by atomic mass is 16.5. The number of hydrogen-bond acceptors (Lipinski definition) is 4. The van der Waals surface area contributed by atoms with Gasteiger partial charge in [-0.15, -0.1) is 0 Å². The van der Waals surface area contributed by atoms with Crippen molar-refractivity contribution in [1.29, 1.82) is 0 Å². The van der Waals surface area contributed by atoms with Gasteiger partial charge < -0.3 is 9.64 Å². The minimum absolute atomic E-state index is 0.116. The van der Waals surface area contributed by atoms with Crippen molar-refractivity contribution in [3.8, 4) is 0 Å². The van der Waals surface area contributed by atoms with Crippen LogP contribution >= 0.6 is 0 Å². The number of ether oxygens (including phenoxy) is 1. The maximum atomic E-state index is 11.9. The lowest BCUT2D eigenvalue weighted by atomic mass is 10.1. The maximum absolute atomic E-state index is 11.9. The number of aryl methyl sites for hydroxylation is 1. The van der Waals surface area contributed by atoms with Crippen LogP contribution in [-0.2, 0) is 16.6 Å². The molecule has 2 rings (SSSR count). The second-order valence-electron chi connectivity index (χ2n) is 4.78. The number of carbonyl (C=O) groups is 2. The zero-order chi connectivity index (χ0) is 13.8. The second-order valence-corrected chi connectivity index (χ2v) is 4.78. The summed E-state index contributed by atoms with van der Waals surface area (Å²) in [6.45, 7) is 3.13. The molecule has 0 N–H and O–H groups in total. The molecule has 1 aromatic heterocycles. The van der Waals surface area contributed by atoms with Gasteiger partial charge in [-0.05, 0) is 26.2 Å². The predicted octanol–water partition coefficient (Wildman–Crippen LogP) is 0.898. The fraction of sp³-hybridized carbons (Fsp3) is 0.615. The third-order valence-corrected chi connectivity index (χ3v) is 3.49. The Kier molecular flexibility index (Phi) is 4.19. The number of aromatic nitrogens is 2. The van der Waals surface area contributed by atoms with Crippen molar-refractivity contribution in [3.05, 3.63) is 17.5 Å². The normalized spacial score (nSPS) is 15.4. The summed E-state index contributed by atoms with van der Waals surface area (Å²) in [4.78, 5) is 25.4. The van der Waals surface area contributed by atoms with Gasteiger partial charge in [0.25, 0.3) is 5.91 Å². The maximum Gasteiger partial charge on any atom is 0.342 e. The third kappa shape index (κ3) is 3.13. The number of piperidine rings is 1. The van der Waals surface area contributed by atoms with Gasteiger partial charge in [-0.2, -0.15) is 5.10 Å². The van der Waals surface area contributed by atoms with Gasteiger partial charge in [0, 0.05) is 25.8 Å². The molecule has 0 aliphatic carbocycles. The fourth-order valence-corrected chi connectivity index (χ4v) is 2.14. The van der Waals surface area contributed by atoms with Crippen LogP contribution in [-0.4, -0.2) is 46.3 Å². The summed E-state index contributed by atoms with van der Waals surface area (Å²) in [5.41, 5.74) is 1.14. The van der Waals surface area contributed by atoms with Gasteiger partial charge in [-0.25, -0.2) is 4.79 Å². The highest BCUT2D eigenvalue weighted by molar-refractivity contribution is 5.92. The van der Waals surface area contributed by atoms with Crippen molar-refractivity contribution in [3.63, 3.8) is 0 Å². The van der Waals surface area contributed by atoms with Crippen molar-refractivity contribution < 1.29 is 14.3 Å². The molecule has 6 heteroatoms. The number of carbonyl (C=O) groups excluding carboxylic acids is 2. The number of nitrogens with zero attached hydrogens (tertiary/aromatic N) is 3. The molecular formula is C13H19N3O3. The Balaban J connectivity index is 1.86. The summed E-state index contributed by atoms with van der Waals surface area (Å²) in [7, 11) is 1.75. The van der Waals surface area contributed by atoms with Crippen molar-refractivity contribution >= 4 is 11.9 Å². The SMILES string of the molecule is Cc1c(C(=O)OCC(=O)N2CCCCC2)cnn1C. The average molecular weight is 265 g/mol. The van der Waals surface area contributed by atoms with Gasteiger partial charge in [0.05, 0.1) is 6.20 Å². The highest BCUT2D eigenvalue weighted by Crippen LogP contribution is 2.10. The predicted molar refractivity (Wildman–Crippen MR) is 68.7 cm³/mol. The Hall–Kier alpha value is -1.85. The molecule has 1 aliphatic rings. The van der Waals surface area contributed by atoms with Crippen LogP contribution in [0.2, 0.25) is 0 Å². The molecule has 0 aromatic carbocycles. The molecule has 0 atom stereocenters. The standard InChI is InChI=1S/C13H19N3O3/c1-10-11(8-14-15(10)2)13(18)19-9-12(17)16-6-4-3-5-7-16/h8H,3-7,9H2,1-2H3. The molecule has 6 nitrogen and oxygen atoms in total. The molecule has 1 amide bonds. The highest BCUT2D eigenvalue weighted by Gasteiger charge is 2.20.